The molecule has 0 saturated carbocycles. The van der Waals surface area contributed by atoms with Crippen LogP contribution in [0.3, 0.4) is 0 Å². The number of amides is 1. The maximum atomic E-state index is 14.2. The highest BCUT2D eigenvalue weighted by Crippen LogP contribution is 2.24. The molecule has 25 heavy (non-hydrogen) atoms. The SMILES string of the molecule is COc1ccc(-c2ccc(=O)n(CC(=O)Nc3nncs3)n2)c(F)c1. The normalized spacial score (nSPS) is 10.5. The van der Waals surface area contributed by atoms with Crippen molar-refractivity contribution in [3.63, 3.8) is 0 Å². The van der Waals surface area contributed by atoms with Crippen LogP contribution in [-0.2, 0) is 11.3 Å². The molecule has 1 amide bonds. The van der Waals surface area contributed by atoms with Crippen molar-refractivity contribution in [3.05, 3.63) is 52.0 Å². The minimum absolute atomic E-state index is 0.194. The van der Waals surface area contributed by atoms with Crippen molar-refractivity contribution in [1.29, 1.82) is 0 Å². The first-order valence-electron chi connectivity index (χ1n) is 7.05. The summed E-state index contributed by atoms with van der Waals surface area (Å²) in [6, 6.07) is 6.91. The Morgan fingerprint density at radius 1 is 1.36 bits per heavy atom. The van der Waals surface area contributed by atoms with Crippen molar-refractivity contribution in [3.8, 4) is 17.0 Å². The third kappa shape index (κ3) is 3.86. The van der Waals surface area contributed by atoms with E-state index in [0.29, 0.717) is 10.9 Å². The van der Waals surface area contributed by atoms with E-state index in [2.05, 4.69) is 20.6 Å². The Hall–Kier alpha value is -3.14. The number of aromatic nitrogens is 4. The number of rotatable bonds is 5. The number of benzene rings is 1. The van der Waals surface area contributed by atoms with Crippen LogP contribution >= 0.6 is 11.3 Å². The van der Waals surface area contributed by atoms with E-state index in [1.165, 1.54) is 36.9 Å². The number of carbonyl (C=O) groups is 1. The zero-order valence-corrected chi connectivity index (χ0v) is 13.8. The lowest BCUT2D eigenvalue weighted by Gasteiger charge is -2.08. The van der Waals surface area contributed by atoms with Crippen molar-refractivity contribution in [2.24, 2.45) is 0 Å². The second-order valence-electron chi connectivity index (χ2n) is 4.85. The van der Waals surface area contributed by atoms with E-state index in [1.807, 2.05) is 0 Å². The lowest BCUT2D eigenvalue weighted by molar-refractivity contribution is -0.117. The van der Waals surface area contributed by atoms with Crippen molar-refractivity contribution in [2.75, 3.05) is 12.4 Å². The summed E-state index contributed by atoms with van der Waals surface area (Å²) in [4.78, 5) is 23.9. The summed E-state index contributed by atoms with van der Waals surface area (Å²) in [7, 11) is 1.43. The number of carbonyl (C=O) groups excluding carboxylic acids is 1. The highest BCUT2D eigenvalue weighted by atomic mass is 32.1. The molecule has 0 unspecified atom stereocenters. The van der Waals surface area contributed by atoms with Gasteiger partial charge in [-0.1, -0.05) is 11.3 Å². The smallest absolute Gasteiger partial charge is 0.267 e. The summed E-state index contributed by atoms with van der Waals surface area (Å²) in [5.74, 6) is -0.667. The van der Waals surface area contributed by atoms with Gasteiger partial charge in [-0.3, -0.25) is 14.9 Å². The first-order chi connectivity index (χ1) is 12.1. The molecule has 3 aromatic rings. The predicted molar refractivity (Wildman–Crippen MR) is 89.0 cm³/mol. The molecule has 0 fully saturated rings. The predicted octanol–water partition coefficient (Wildman–Crippen LogP) is 1.55. The van der Waals surface area contributed by atoms with E-state index >= 15 is 0 Å². The van der Waals surface area contributed by atoms with Gasteiger partial charge < -0.3 is 4.74 Å². The standard InChI is InChI=1S/C15H12FN5O3S/c1-24-9-2-3-10(11(16)6-9)12-4-5-14(23)21(20-12)7-13(22)18-15-19-17-8-25-15/h2-6,8H,7H2,1H3,(H,18,19,22). The van der Waals surface area contributed by atoms with Crippen LogP contribution in [0.1, 0.15) is 0 Å². The molecule has 1 aromatic carbocycles. The highest BCUT2D eigenvalue weighted by Gasteiger charge is 2.12. The quantitative estimate of drug-likeness (QED) is 0.740. The Bertz CT molecular complexity index is 958. The van der Waals surface area contributed by atoms with Crippen LogP contribution in [-0.4, -0.2) is 33.0 Å². The minimum Gasteiger partial charge on any atom is -0.497 e. The lowest BCUT2D eigenvalue weighted by atomic mass is 10.1. The maximum absolute atomic E-state index is 14.2. The lowest BCUT2D eigenvalue weighted by Crippen LogP contribution is -2.29. The summed E-state index contributed by atoms with van der Waals surface area (Å²) >= 11 is 1.15. The van der Waals surface area contributed by atoms with Crippen molar-refractivity contribution in [2.45, 2.75) is 6.54 Å². The summed E-state index contributed by atoms with van der Waals surface area (Å²) in [5.41, 5.74) is 1.40. The number of methoxy groups -OCH3 is 1. The van der Waals surface area contributed by atoms with E-state index in [0.717, 1.165) is 16.0 Å². The van der Waals surface area contributed by atoms with Crippen LogP contribution in [0.15, 0.2) is 40.6 Å². The molecule has 10 heteroatoms. The monoisotopic (exact) mass is 361 g/mol. The van der Waals surface area contributed by atoms with Crippen LogP contribution in [0.2, 0.25) is 0 Å². The fourth-order valence-corrected chi connectivity index (χ4v) is 2.52. The van der Waals surface area contributed by atoms with Gasteiger partial charge in [0.15, 0.2) is 0 Å². The summed E-state index contributed by atoms with van der Waals surface area (Å²) in [6.45, 7) is -0.329. The van der Waals surface area contributed by atoms with E-state index < -0.39 is 17.3 Å². The molecule has 3 rings (SSSR count). The molecular formula is C15H12FN5O3S. The van der Waals surface area contributed by atoms with E-state index in [-0.39, 0.29) is 17.8 Å². The Morgan fingerprint density at radius 3 is 2.88 bits per heavy atom. The van der Waals surface area contributed by atoms with Crippen LogP contribution in [0.4, 0.5) is 9.52 Å². The van der Waals surface area contributed by atoms with Crippen molar-refractivity contribution in [1.82, 2.24) is 20.0 Å². The second-order valence-corrected chi connectivity index (χ2v) is 5.69. The van der Waals surface area contributed by atoms with E-state index in [4.69, 9.17) is 4.74 Å². The molecule has 8 nitrogen and oxygen atoms in total. The fraction of sp³-hybridized carbons (Fsp3) is 0.133. The number of hydrogen-bond acceptors (Lipinski definition) is 7. The maximum Gasteiger partial charge on any atom is 0.267 e. The molecule has 0 atom stereocenters. The molecule has 2 aromatic heterocycles. The van der Waals surface area contributed by atoms with Gasteiger partial charge >= 0.3 is 0 Å². The van der Waals surface area contributed by atoms with Gasteiger partial charge in [-0.25, -0.2) is 9.07 Å². The number of anilines is 1. The van der Waals surface area contributed by atoms with E-state index in [1.54, 1.807) is 6.07 Å². The second kappa shape index (κ2) is 7.18. The van der Waals surface area contributed by atoms with Crippen LogP contribution in [0, 0.1) is 5.82 Å². The van der Waals surface area contributed by atoms with Crippen LogP contribution < -0.4 is 15.6 Å². The van der Waals surface area contributed by atoms with E-state index in [9.17, 15) is 14.0 Å². The van der Waals surface area contributed by atoms with Gasteiger partial charge in [0.1, 0.15) is 23.6 Å². The Kier molecular flexibility index (Phi) is 4.80. The average Bonchev–Trinajstić information content (AvgIpc) is 3.09. The summed E-state index contributed by atoms with van der Waals surface area (Å²) in [5, 5.41) is 14.1. The fourth-order valence-electron chi connectivity index (χ4n) is 2.06. The number of ether oxygens (including phenoxy) is 1. The summed E-state index contributed by atoms with van der Waals surface area (Å²) < 4.78 is 20.1. The zero-order valence-electron chi connectivity index (χ0n) is 13.0. The molecule has 0 aliphatic heterocycles. The third-order valence-corrected chi connectivity index (χ3v) is 3.83. The molecule has 0 bridgehead atoms. The minimum atomic E-state index is -0.546. The number of halogens is 1. The Morgan fingerprint density at radius 2 is 2.20 bits per heavy atom. The van der Waals surface area contributed by atoms with Crippen LogP contribution in [0.25, 0.3) is 11.3 Å². The molecule has 0 spiro atoms. The molecule has 2 heterocycles. The number of nitrogens with zero attached hydrogens (tertiary/aromatic N) is 4. The molecule has 0 aliphatic rings. The van der Waals surface area contributed by atoms with Gasteiger partial charge in [0.05, 0.1) is 12.8 Å². The number of nitrogens with one attached hydrogen (secondary N) is 1. The van der Waals surface area contributed by atoms with Crippen molar-refractivity contribution >= 4 is 22.4 Å². The largest absolute Gasteiger partial charge is 0.497 e. The van der Waals surface area contributed by atoms with Gasteiger partial charge in [0.2, 0.25) is 11.0 Å². The summed E-state index contributed by atoms with van der Waals surface area (Å²) in [6.07, 6.45) is 0. The molecule has 0 radical (unpaired) electrons. The Balaban J connectivity index is 1.85. The Labute approximate surface area is 144 Å². The van der Waals surface area contributed by atoms with Gasteiger partial charge in [-0.2, -0.15) is 5.10 Å². The van der Waals surface area contributed by atoms with Crippen molar-refractivity contribution < 1.29 is 13.9 Å². The molecule has 128 valence electrons. The number of hydrogen-bond donors (Lipinski definition) is 1. The van der Waals surface area contributed by atoms with Gasteiger partial charge in [-0.05, 0) is 18.2 Å². The zero-order chi connectivity index (χ0) is 17.8. The molecule has 0 saturated heterocycles. The third-order valence-electron chi connectivity index (χ3n) is 3.22. The first kappa shape index (κ1) is 16.7. The molecule has 0 aliphatic carbocycles. The first-order valence-corrected chi connectivity index (χ1v) is 7.93. The van der Waals surface area contributed by atoms with Crippen LogP contribution in [0.5, 0.6) is 5.75 Å². The van der Waals surface area contributed by atoms with Gasteiger partial charge in [0, 0.05) is 17.7 Å². The highest BCUT2D eigenvalue weighted by molar-refractivity contribution is 7.13. The topological polar surface area (TPSA) is 99.0 Å². The molecular weight excluding hydrogens is 349 g/mol. The van der Waals surface area contributed by atoms with Gasteiger partial charge in [-0.15, -0.1) is 10.2 Å². The van der Waals surface area contributed by atoms with Gasteiger partial charge in [0.25, 0.3) is 5.56 Å². The molecule has 1 N–H and O–H groups in total. The average molecular weight is 361 g/mol.